The van der Waals surface area contributed by atoms with Crippen LogP contribution in [0.5, 0.6) is 0 Å². The van der Waals surface area contributed by atoms with E-state index in [-0.39, 0.29) is 19.1 Å². The lowest BCUT2D eigenvalue weighted by Gasteiger charge is -2.15. The molecule has 0 aliphatic heterocycles. The largest absolute Gasteiger partial charge is 0.480 e. The van der Waals surface area contributed by atoms with Gasteiger partial charge in [-0.15, -0.1) is 0 Å². The molecule has 0 saturated carbocycles. The fourth-order valence-corrected chi connectivity index (χ4v) is 2.29. The number of para-hydroxylation sites is 1. The lowest BCUT2D eigenvalue weighted by Crippen LogP contribution is -2.44. The number of rotatable bonds is 8. The Balaban J connectivity index is 2.01. The van der Waals surface area contributed by atoms with Gasteiger partial charge in [-0.25, -0.2) is 4.79 Å². The third-order valence-electron chi connectivity index (χ3n) is 3.81. The van der Waals surface area contributed by atoms with Gasteiger partial charge >= 0.3 is 5.97 Å². The Morgan fingerprint density at radius 2 is 2.09 bits per heavy atom. The van der Waals surface area contributed by atoms with E-state index in [9.17, 15) is 14.7 Å². The molecule has 23 heavy (non-hydrogen) atoms. The number of nitrogens with one attached hydrogen (secondary N) is 2. The van der Waals surface area contributed by atoms with E-state index in [2.05, 4.69) is 10.3 Å². The summed E-state index contributed by atoms with van der Waals surface area (Å²) in [5, 5.41) is 12.8. The van der Waals surface area contributed by atoms with Crippen LogP contribution in [0.1, 0.15) is 25.8 Å². The lowest BCUT2D eigenvalue weighted by atomic mass is 10.1. The molecule has 1 amide bonds. The number of H-pyrrole nitrogens is 1. The van der Waals surface area contributed by atoms with Crippen LogP contribution in [0.4, 0.5) is 0 Å². The summed E-state index contributed by atoms with van der Waals surface area (Å²) in [7, 11) is 0. The summed E-state index contributed by atoms with van der Waals surface area (Å²) in [5.41, 5.74) is 1.80. The van der Waals surface area contributed by atoms with Crippen LogP contribution in [-0.2, 0) is 20.7 Å². The molecule has 0 fully saturated rings. The number of aromatic amines is 1. The highest BCUT2D eigenvalue weighted by molar-refractivity contribution is 5.87. The molecule has 1 aromatic carbocycles. The summed E-state index contributed by atoms with van der Waals surface area (Å²) >= 11 is 0. The second-order valence-electron chi connectivity index (χ2n) is 5.55. The van der Waals surface area contributed by atoms with Crippen LogP contribution in [0.25, 0.3) is 10.9 Å². The minimum atomic E-state index is -1.06. The number of fused-ring (bicyclic) bond motifs is 1. The molecule has 2 atom stereocenters. The summed E-state index contributed by atoms with van der Waals surface area (Å²) in [4.78, 5) is 26.4. The standard InChI is InChI=1S/C17H22N2O4/c1-3-11(2)23-10-16(20)19-15(17(21)22)8-12-9-18-14-7-5-4-6-13(12)14/h4-7,9,11,15,18H,3,8,10H2,1-2H3,(H,19,20)(H,21,22). The first kappa shape index (κ1) is 17.0. The van der Waals surface area contributed by atoms with Gasteiger partial charge < -0.3 is 20.1 Å². The van der Waals surface area contributed by atoms with Gasteiger partial charge in [-0.3, -0.25) is 4.79 Å². The number of benzene rings is 1. The molecule has 0 radical (unpaired) electrons. The van der Waals surface area contributed by atoms with Gasteiger partial charge in [-0.05, 0) is 25.0 Å². The Labute approximate surface area is 134 Å². The summed E-state index contributed by atoms with van der Waals surface area (Å²) in [5.74, 6) is -1.48. The number of aromatic nitrogens is 1. The van der Waals surface area contributed by atoms with Crippen LogP contribution in [0.2, 0.25) is 0 Å². The van der Waals surface area contributed by atoms with Crippen molar-refractivity contribution in [2.75, 3.05) is 6.61 Å². The van der Waals surface area contributed by atoms with Crippen LogP contribution in [0.15, 0.2) is 30.5 Å². The topological polar surface area (TPSA) is 91.4 Å². The average molecular weight is 318 g/mol. The molecule has 2 unspecified atom stereocenters. The maximum atomic E-state index is 11.9. The van der Waals surface area contributed by atoms with E-state index in [1.54, 1.807) is 6.20 Å². The molecule has 0 spiro atoms. The zero-order valence-electron chi connectivity index (χ0n) is 13.3. The molecular formula is C17H22N2O4. The molecule has 6 heteroatoms. The Kier molecular flexibility index (Phi) is 5.76. The number of carboxylic acid groups (broad SMARTS) is 1. The number of carbonyl (C=O) groups is 2. The zero-order chi connectivity index (χ0) is 16.8. The molecule has 0 aliphatic carbocycles. The minimum absolute atomic E-state index is 0.0300. The van der Waals surface area contributed by atoms with Crippen molar-refractivity contribution >= 4 is 22.8 Å². The number of hydrogen-bond donors (Lipinski definition) is 3. The van der Waals surface area contributed by atoms with Crippen molar-refractivity contribution in [2.45, 2.75) is 38.8 Å². The third-order valence-corrected chi connectivity index (χ3v) is 3.81. The number of hydrogen-bond acceptors (Lipinski definition) is 3. The highest BCUT2D eigenvalue weighted by Crippen LogP contribution is 2.19. The summed E-state index contributed by atoms with van der Waals surface area (Å²) in [6, 6.07) is 6.67. The molecule has 1 aromatic heterocycles. The predicted molar refractivity (Wildman–Crippen MR) is 87.3 cm³/mol. The monoisotopic (exact) mass is 318 g/mol. The maximum Gasteiger partial charge on any atom is 0.326 e. The first-order valence-corrected chi connectivity index (χ1v) is 7.70. The van der Waals surface area contributed by atoms with Crippen LogP contribution in [0.3, 0.4) is 0 Å². The van der Waals surface area contributed by atoms with Gasteiger partial charge in [0.25, 0.3) is 0 Å². The second kappa shape index (κ2) is 7.78. The predicted octanol–water partition coefficient (Wildman–Crippen LogP) is 2.09. The highest BCUT2D eigenvalue weighted by atomic mass is 16.5. The van der Waals surface area contributed by atoms with Crippen LogP contribution >= 0.6 is 0 Å². The van der Waals surface area contributed by atoms with E-state index in [0.29, 0.717) is 0 Å². The van der Waals surface area contributed by atoms with Crippen molar-refractivity contribution in [3.8, 4) is 0 Å². The van der Waals surface area contributed by atoms with Gasteiger partial charge in [0.2, 0.25) is 5.91 Å². The molecule has 0 bridgehead atoms. The first-order chi connectivity index (χ1) is 11.0. The number of aliphatic carboxylic acids is 1. The SMILES string of the molecule is CCC(C)OCC(=O)NC(Cc1c[nH]c2ccccc12)C(=O)O. The first-order valence-electron chi connectivity index (χ1n) is 7.70. The zero-order valence-corrected chi connectivity index (χ0v) is 13.3. The summed E-state index contributed by atoms with van der Waals surface area (Å²) < 4.78 is 5.33. The van der Waals surface area contributed by atoms with Gasteiger partial charge in [-0.2, -0.15) is 0 Å². The van der Waals surface area contributed by atoms with Crippen molar-refractivity contribution in [3.05, 3.63) is 36.0 Å². The summed E-state index contributed by atoms with van der Waals surface area (Å²) in [6.45, 7) is 3.69. The molecule has 2 aromatic rings. The van der Waals surface area contributed by atoms with E-state index in [0.717, 1.165) is 22.9 Å². The van der Waals surface area contributed by atoms with Crippen LogP contribution < -0.4 is 5.32 Å². The normalized spacial score (nSPS) is 13.7. The van der Waals surface area contributed by atoms with E-state index in [4.69, 9.17) is 4.74 Å². The van der Waals surface area contributed by atoms with Crippen molar-refractivity contribution < 1.29 is 19.4 Å². The lowest BCUT2D eigenvalue weighted by molar-refractivity contribution is -0.142. The Morgan fingerprint density at radius 1 is 1.35 bits per heavy atom. The number of carboxylic acids is 1. The van der Waals surface area contributed by atoms with E-state index in [1.807, 2.05) is 38.1 Å². The molecule has 6 nitrogen and oxygen atoms in total. The summed E-state index contributed by atoms with van der Waals surface area (Å²) in [6.07, 6.45) is 2.76. The Bertz CT molecular complexity index is 680. The van der Waals surface area contributed by atoms with Crippen LogP contribution in [0, 0.1) is 0 Å². The number of carbonyl (C=O) groups excluding carboxylic acids is 1. The van der Waals surface area contributed by atoms with Gasteiger partial charge in [0.05, 0.1) is 6.10 Å². The van der Waals surface area contributed by atoms with Gasteiger partial charge in [0.1, 0.15) is 12.6 Å². The van der Waals surface area contributed by atoms with Crippen LogP contribution in [-0.4, -0.2) is 40.7 Å². The molecule has 124 valence electrons. The highest BCUT2D eigenvalue weighted by Gasteiger charge is 2.22. The van der Waals surface area contributed by atoms with Gasteiger partial charge in [-0.1, -0.05) is 25.1 Å². The fourth-order valence-electron chi connectivity index (χ4n) is 2.29. The van der Waals surface area contributed by atoms with Crippen molar-refractivity contribution in [1.82, 2.24) is 10.3 Å². The quantitative estimate of drug-likeness (QED) is 0.695. The van der Waals surface area contributed by atoms with Crippen molar-refractivity contribution in [2.24, 2.45) is 0 Å². The van der Waals surface area contributed by atoms with Gasteiger partial charge in [0, 0.05) is 23.5 Å². The Morgan fingerprint density at radius 3 is 2.78 bits per heavy atom. The van der Waals surface area contributed by atoms with Gasteiger partial charge in [0.15, 0.2) is 0 Å². The van der Waals surface area contributed by atoms with E-state index in [1.165, 1.54) is 0 Å². The number of amides is 1. The average Bonchev–Trinajstić information content (AvgIpc) is 2.95. The molecule has 3 N–H and O–H groups in total. The smallest absolute Gasteiger partial charge is 0.326 e. The molecular weight excluding hydrogens is 296 g/mol. The molecule has 0 saturated heterocycles. The Hall–Kier alpha value is -2.34. The molecule has 0 aliphatic rings. The number of ether oxygens (including phenoxy) is 1. The van der Waals surface area contributed by atoms with E-state index < -0.39 is 17.9 Å². The molecule has 1 heterocycles. The molecule has 2 rings (SSSR count). The van der Waals surface area contributed by atoms with Crippen molar-refractivity contribution in [1.29, 1.82) is 0 Å². The third kappa shape index (κ3) is 4.56. The fraction of sp³-hybridized carbons (Fsp3) is 0.412. The maximum absolute atomic E-state index is 11.9. The van der Waals surface area contributed by atoms with Crippen molar-refractivity contribution in [3.63, 3.8) is 0 Å². The minimum Gasteiger partial charge on any atom is -0.480 e. The second-order valence-corrected chi connectivity index (χ2v) is 5.55. The van der Waals surface area contributed by atoms with E-state index >= 15 is 0 Å².